The summed E-state index contributed by atoms with van der Waals surface area (Å²) >= 11 is 0. The summed E-state index contributed by atoms with van der Waals surface area (Å²) in [6.45, 7) is 0. The molecule has 6 atom stereocenters. The summed E-state index contributed by atoms with van der Waals surface area (Å²) in [7, 11) is 0. The van der Waals surface area contributed by atoms with Gasteiger partial charge < -0.3 is 10.2 Å². The third kappa shape index (κ3) is 6.56. The van der Waals surface area contributed by atoms with Crippen LogP contribution in [0.3, 0.4) is 0 Å². The first kappa shape index (κ1) is 30.0. The van der Waals surface area contributed by atoms with Crippen LogP contribution in [0.5, 0.6) is 5.75 Å². The lowest BCUT2D eigenvalue weighted by molar-refractivity contribution is -0.146. The van der Waals surface area contributed by atoms with Crippen molar-refractivity contribution in [2.24, 2.45) is 23.7 Å². The normalized spacial score (nSPS) is 29.9. The summed E-state index contributed by atoms with van der Waals surface area (Å²) in [5, 5.41) is 20.8. The Labute approximate surface area is 258 Å². The van der Waals surface area contributed by atoms with Crippen LogP contribution in [-0.4, -0.2) is 16.2 Å². The molecule has 1 fully saturated rings. The van der Waals surface area contributed by atoms with Crippen LogP contribution >= 0.6 is 0 Å². The van der Waals surface area contributed by atoms with Crippen molar-refractivity contribution in [3.8, 4) is 5.75 Å². The molecule has 2 aromatic rings. The Morgan fingerprint density at radius 3 is 2.47 bits per heavy atom. The van der Waals surface area contributed by atoms with E-state index in [2.05, 4.69) is 66.8 Å². The van der Waals surface area contributed by atoms with Gasteiger partial charge in [0.2, 0.25) is 0 Å². The molecule has 6 unspecified atom stereocenters. The van der Waals surface area contributed by atoms with E-state index in [1.54, 1.807) is 0 Å². The van der Waals surface area contributed by atoms with Gasteiger partial charge in [-0.1, -0.05) is 105 Å². The van der Waals surface area contributed by atoms with E-state index < -0.39 is 11.9 Å². The molecule has 3 heteroatoms. The third-order valence-electron chi connectivity index (χ3n) is 11.4. The van der Waals surface area contributed by atoms with Crippen LogP contribution < -0.4 is 0 Å². The van der Waals surface area contributed by atoms with E-state index in [0.717, 1.165) is 38.0 Å². The van der Waals surface area contributed by atoms with Crippen LogP contribution in [-0.2, 0) is 16.6 Å². The summed E-state index contributed by atoms with van der Waals surface area (Å²) < 4.78 is 0. The average molecular weight is 579 g/mol. The zero-order valence-electron chi connectivity index (χ0n) is 25.8. The van der Waals surface area contributed by atoms with Gasteiger partial charge >= 0.3 is 5.97 Å². The number of carbonyl (C=O) groups is 1. The molecule has 0 amide bonds. The van der Waals surface area contributed by atoms with Crippen LogP contribution in [0, 0.1) is 23.7 Å². The van der Waals surface area contributed by atoms with Gasteiger partial charge in [-0.2, -0.15) is 0 Å². The fraction of sp³-hybridized carbons (Fsp3) is 0.525. The van der Waals surface area contributed by atoms with Crippen molar-refractivity contribution in [2.45, 2.75) is 108 Å². The van der Waals surface area contributed by atoms with Crippen LogP contribution in [0.2, 0.25) is 0 Å². The topological polar surface area (TPSA) is 57.5 Å². The van der Waals surface area contributed by atoms with Crippen molar-refractivity contribution in [3.05, 3.63) is 95.1 Å². The van der Waals surface area contributed by atoms with Crippen LogP contribution in [0.1, 0.15) is 118 Å². The Morgan fingerprint density at radius 1 is 0.860 bits per heavy atom. The van der Waals surface area contributed by atoms with E-state index in [0.29, 0.717) is 24.0 Å². The molecule has 228 valence electrons. The lowest BCUT2D eigenvalue weighted by Crippen LogP contribution is -2.48. The summed E-state index contributed by atoms with van der Waals surface area (Å²) in [5.74, 6) is 1.16. The maximum Gasteiger partial charge on any atom is 0.307 e. The fourth-order valence-corrected chi connectivity index (χ4v) is 9.10. The van der Waals surface area contributed by atoms with E-state index in [-0.39, 0.29) is 11.3 Å². The van der Waals surface area contributed by atoms with E-state index in [9.17, 15) is 15.0 Å². The quantitative estimate of drug-likeness (QED) is 0.230. The number of aromatic hydroxyl groups is 1. The standard InChI is InChI=1S/C40H50O3/c41-35-24-21-32(22-25-35)36-27-30-18-19-33-20-23-34-16-9-10-26-40(34,38(33)28-30)37(39(42)43)17-8-7-15-31(36)14-4-2-1-3-11-29-12-5-6-13-29/h5,7-8,12,18-25,28-29,31,34,36-37,41H,1-4,6,9-11,13-17,26-27H2,(H,42,43). The number of phenolic OH excluding ortho intramolecular Hbond substituents is 1. The number of phenols is 1. The zero-order chi connectivity index (χ0) is 29.6. The molecule has 2 N–H and O–H groups in total. The first-order chi connectivity index (χ1) is 21.0. The number of hydrogen-bond acceptors (Lipinski definition) is 2. The van der Waals surface area contributed by atoms with Crippen molar-refractivity contribution in [1.29, 1.82) is 0 Å². The van der Waals surface area contributed by atoms with Crippen molar-refractivity contribution >= 4 is 12.0 Å². The molecular weight excluding hydrogens is 528 g/mol. The van der Waals surface area contributed by atoms with Gasteiger partial charge in [0.1, 0.15) is 5.75 Å². The first-order valence-electron chi connectivity index (χ1n) is 17.2. The molecule has 0 radical (unpaired) electrons. The SMILES string of the molecule is O=C(O)C1CC=CCC(CCCCCCC2C=CCC2)C(c2ccc(O)cc2)Cc2ccc3c(c2)C12CCCCC2C=C3. The van der Waals surface area contributed by atoms with E-state index >= 15 is 0 Å². The zero-order valence-corrected chi connectivity index (χ0v) is 25.8. The van der Waals surface area contributed by atoms with E-state index in [4.69, 9.17) is 0 Å². The minimum Gasteiger partial charge on any atom is -0.508 e. The van der Waals surface area contributed by atoms with Gasteiger partial charge in [-0.3, -0.25) is 4.79 Å². The molecule has 2 bridgehead atoms. The second-order valence-corrected chi connectivity index (χ2v) is 13.9. The van der Waals surface area contributed by atoms with E-state index in [1.807, 2.05) is 12.1 Å². The minimum atomic E-state index is -0.646. The molecule has 0 aromatic heterocycles. The number of benzene rings is 2. The van der Waals surface area contributed by atoms with Crippen molar-refractivity contribution in [2.75, 3.05) is 0 Å². The van der Waals surface area contributed by atoms with Gasteiger partial charge in [0.15, 0.2) is 0 Å². The molecule has 4 aliphatic carbocycles. The molecule has 1 spiro atoms. The van der Waals surface area contributed by atoms with Crippen LogP contribution in [0.15, 0.2) is 72.8 Å². The molecule has 6 rings (SSSR count). The maximum absolute atomic E-state index is 13.0. The second-order valence-electron chi connectivity index (χ2n) is 13.9. The van der Waals surface area contributed by atoms with Crippen molar-refractivity contribution in [1.82, 2.24) is 0 Å². The highest BCUT2D eigenvalue weighted by atomic mass is 16.4. The Hall–Kier alpha value is -3.07. The largest absolute Gasteiger partial charge is 0.508 e. The summed E-state index contributed by atoms with van der Waals surface area (Å²) in [4.78, 5) is 13.0. The summed E-state index contributed by atoms with van der Waals surface area (Å²) in [6.07, 6.45) is 30.9. The number of unbranched alkanes of at least 4 members (excludes halogenated alkanes) is 3. The molecule has 0 saturated heterocycles. The minimum absolute atomic E-state index is 0.284. The molecule has 1 saturated carbocycles. The maximum atomic E-state index is 13.0. The van der Waals surface area contributed by atoms with Crippen LogP contribution in [0.4, 0.5) is 0 Å². The van der Waals surface area contributed by atoms with Gasteiger partial charge in [-0.25, -0.2) is 0 Å². The lowest BCUT2D eigenvalue weighted by atomic mass is 9.53. The Balaban J connectivity index is 1.29. The highest BCUT2D eigenvalue weighted by Crippen LogP contribution is 2.54. The fourth-order valence-electron chi connectivity index (χ4n) is 9.10. The number of carboxylic acid groups (broad SMARTS) is 1. The molecule has 0 aliphatic heterocycles. The highest BCUT2D eigenvalue weighted by molar-refractivity contribution is 5.75. The number of hydrogen-bond donors (Lipinski definition) is 2. The van der Waals surface area contributed by atoms with E-state index in [1.165, 1.54) is 80.0 Å². The predicted molar refractivity (Wildman–Crippen MR) is 176 cm³/mol. The predicted octanol–water partition coefficient (Wildman–Crippen LogP) is 10.1. The number of aliphatic carboxylic acids is 1. The number of fused-ring (bicyclic) bond motifs is 1. The Morgan fingerprint density at radius 2 is 1.67 bits per heavy atom. The van der Waals surface area contributed by atoms with Gasteiger partial charge in [0, 0.05) is 5.41 Å². The van der Waals surface area contributed by atoms with Gasteiger partial charge in [-0.15, -0.1) is 0 Å². The summed E-state index contributed by atoms with van der Waals surface area (Å²) in [5.41, 5.74) is 4.76. The van der Waals surface area contributed by atoms with Gasteiger partial charge in [0.25, 0.3) is 0 Å². The summed E-state index contributed by atoms with van der Waals surface area (Å²) in [6, 6.07) is 14.9. The number of allylic oxidation sites excluding steroid dienone is 5. The molecule has 0 heterocycles. The smallest absolute Gasteiger partial charge is 0.307 e. The van der Waals surface area contributed by atoms with Crippen molar-refractivity contribution < 1.29 is 15.0 Å². The molecular formula is C40H50O3. The molecule has 2 aromatic carbocycles. The molecule has 4 aliphatic rings. The Bertz CT molecular complexity index is 1330. The van der Waals surface area contributed by atoms with Crippen molar-refractivity contribution in [3.63, 3.8) is 0 Å². The van der Waals surface area contributed by atoms with Gasteiger partial charge in [0.05, 0.1) is 5.92 Å². The second kappa shape index (κ2) is 13.7. The average Bonchev–Trinajstić information content (AvgIpc) is 3.54. The van der Waals surface area contributed by atoms with Gasteiger partial charge in [-0.05, 0) is 116 Å². The third-order valence-corrected chi connectivity index (χ3v) is 11.4. The monoisotopic (exact) mass is 578 g/mol. The first-order valence-corrected chi connectivity index (χ1v) is 17.2. The number of rotatable bonds is 9. The molecule has 3 nitrogen and oxygen atoms in total. The highest BCUT2D eigenvalue weighted by Gasteiger charge is 2.51. The number of carboxylic acids is 1. The molecule has 43 heavy (non-hydrogen) atoms. The lowest BCUT2D eigenvalue weighted by Gasteiger charge is -2.50. The Kier molecular flexibility index (Phi) is 9.55. The van der Waals surface area contributed by atoms with Crippen LogP contribution in [0.25, 0.3) is 6.08 Å².